The third-order valence-electron chi connectivity index (χ3n) is 6.25. The number of hydrogen-bond donors (Lipinski definition) is 1. The molecule has 8 heteroatoms. The van der Waals surface area contributed by atoms with Crippen LogP contribution in [-0.2, 0) is 19.1 Å². The predicted octanol–water partition coefficient (Wildman–Crippen LogP) is 6.44. The van der Waals surface area contributed by atoms with Crippen molar-refractivity contribution in [1.82, 2.24) is 4.98 Å². The molecule has 0 saturated heterocycles. The number of benzene rings is 2. The summed E-state index contributed by atoms with van der Waals surface area (Å²) in [5, 5.41) is 4.17. The lowest BCUT2D eigenvalue weighted by atomic mass is 9.75. The third-order valence-corrected chi connectivity index (χ3v) is 7.13. The molecule has 0 aliphatic carbocycles. The minimum atomic E-state index is -0.760. The van der Waals surface area contributed by atoms with Crippen LogP contribution in [0.4, 0.5) is 10.8 Å². The van der Waals surface area contributed by atoms with Gasteiger partial charge in [0.05, 0.1) is 24.5 Å². The first-order valence-corrected chi connectivity index (χ1v) is 13.2. The average Bonchev–Trinajstić information content (AvgIpc) is 3.24. The minimum Gasteiger partial charge on any atom is -0.465 e. The lowest BCUT2D eigenvalue weighted by Gasteiger charge is -2.32. The predicted molar refractivity (Wildman–Crippen MR) is 147 cm³/mol. The van der Waals surface area contributed by atoms with E-state index in [0.29, 0.717) is 17.0 Å². The number of esters is 2. The lowest BCUT2D eigenvalue weighted by molar-refractivity contribution is -0.146. The SMILES string of the molecule is CCOC(=O)C1=C(C)N=C(C)C(C(=O)OCC)C1c1ccccc1Nc1nc(-c2ccccc2)c(C)s1. The first-order chi connectivity index (χ1) is 17.8. The summed E-state index contributed by atoms with van der Waals surface area (Å²) in [6, 6.07) is 17.7. The molecule has 0 saturated carbocycles. The zero-order chi connectivity index (χ0) is 26.5. The molecule has 2 unspecified atom stereocenters. The number of carbonyl (C=O) groups excluding carboxylic acids is 2. The number of para-hydroxylation sites is 1. The van der Waals surface area contributed by atoms with Gasteiger partial charge in [-0.2, -0.15) is 0 Å². The molecule has 0 amide bonds. The van der Waals surface area contributed by atoms with E-state index in [1.807, 2.05) is 61.5 Å². The van der Waals surface area contributed by atoms with Gasteiger partial charge in [-0.25, -0.2) is 9.78 Å². The second-order valence-electron chi connectivity index (χ2n) is 8.68. The Labute approximate surface area is 221 Å². The normalized spacial score (nSPS) is 17.3. The van der Waals surface area contributed by atoms with E-state index in [1.54, 1.807) is 39.0 Å². The van der Waals surface area contributed by atoms with E-state index in [2.05, 4.69) is 10.3 Å². The minimum absolute atomic E-state index is 0.218. The molecule has 37 heavy (non-hydrogen) atoms. The Morgan fingerprint density at radius 2 is 1.62 bits per heavy atom. The fourth-order valence-corrected chi connectivity index (χ4v) is 5.54. The van der Waals surface area contributed by atoms with Gasteiger partial charge in [0.2, 0.25) is 0 Å². The van der Waals surface area contributed by atoms with Gasteiger partial charge < -0.3 is 14.8 Å². The number of carbonyl (C=O) groups is 2. The molecule has 7 nitrogen and oxygen atoms in total. The molecule has 192 valence electrons. The van der Waals surface area contributed by atoms with Gasteiger partial charge in [0.25, 0.3) is 0 Å². The molecule has 0 fully saturated rings. The molecule has 3 aromatic rings. The van der Waals surface area contributed by atoms with Crippen LogP contribution in [0.2, 0.25) is 0 Å². The summed E-state index contributed by atoms with van der Waals surface area (Å²) in [4.78, 5) is 36.8. The van der Waals surface area contributed by atoms with Crippen molar-refractivity contribution in [3.05, 3.63) is 76.3 Å². The Morgan fingerprint density at radius 3 is 2.32 bits per heavy atom. The standard InChI is InChI=1S/C29H31N3O4S/c1-6-35-27(33)23-17(3)30-18(4)24(28(34)36-7-2)25(23)21-15-11-12-16-22(21)31-29-32-26(19(5)37-29)20-13-9-8-10-14-20/h8-16,23,25H,6-7H2,1-5H3,(H,31,32). The number of ether oxygens (including phenoxy) is 2. The molecular formula is C29H31N3O4S. The van der Waals surface area contributed by atoms with E-state index in [-0.39, 0.29) is 13.2 Å². The molecule has 0 spiro atoms. The van der Waals surface area contributed by atoms with Gasteiger partial charge in [0.15, 0.2) is 5.13 Å². The maximum absolute atomic E-state index is 13.2. The maximum Gasteiger partial charge on any atom is 0.336 e. The first-order valence-electron chi connectivity index (χ1n) is 12.3. The third kappa shape index (κ3) is 5.49. The Bertz CT molecular complexity index is 1360. The van der Waals surface area contributed by atoms with Crippen molar-refractivity contribution >= 4 is 39.8 Å². The highest BCUT2D eigenvalue weighted by atomic mass is 32.1. The van der Waals surface area contributed by atoms with E-state index >= 15 is 0 Å². The van der Waals surface area contributed by atoms with Crippen molar-refractivity contribution in [2.45, 2.75) is 40.5 Å². The van der Waals surface area contributed by atoms with Crippen LogP contribution in [0.1, 0.15) is 44.1 Å². The van der Waals surface area contributed by atoms with Gasteiger partial charge in [-0.05, 0) is 46.2 Å². The summed E-state index contributed by atoms with van der Waals surface area (Å²) in [6.07, 6.45) is 0. The van der Waals surface area contributed by atoms with Crippen LogP contribution in [0, 0.1) is 12.8 Å². The zero-order valence-electron chi connectivity index (χ0n) is 21.7. The van der Waals surface area contributed by atoms with Crippen LogP contribution in [0.3, 0.4) is 0 Å². The highest BCUT2D eigenvalue weighted by molar-refractivity contribution is 7.16. The van der Waals surface area contributed by atoms with Gasteiger partial charge in [-0.3, -0.25) is 9.79 Å². The fraction of sp³-hybridized carbons (Fsp3) is 0.310. The average molecular weight is 518 g/mol. The Morgan fingerprint density at radius 1 is 0.946 bits per heavy atom. The number of hydrogen-bond acceptors (Lipinski definition) is 8. The monoisotopic (exact) mass is 517 g/mol. The Kier molecular flexibility index (Phi) is 8.18. The molecule has 4 rings (SSSR count). The van der Waals surface area contributed by atoms with Crippen LogP contribution >= 0.6 is 11.3 Å². The summed E-state index contributed by atoms with van der Waals surface area (Å²) in [5.41, 5.74) is 4.97. The van der Waals surface area contributed by atoms with Gasteiger partial charge >= 0.3 is 11.9 Å². The quantitative estimate of drug-likeness (QED) is 0.346. The van der Waals surface area contributed by atoms with Crippen molar-refractivity contribution < 1.29 is 19.1 Å². The van der Waals surface area contributed by atoms with Crippen LogP contribution < -0.4 is 5.32 Å². The molecule has 1 aromatic heterocycles. The van der Waals surface area contributed by atoms with Crippen molar-refractivity contribution in [2.24, 2.45) is 10.9 Å². The van der Waals surface area contributed by atoms with E-state index < -0.39 is 23.8 Å². The molecule has 2 heterocycles. The van der Waals surface area contributed by atoms with E-state index in [0.717, 1.165) is 32.5 Å². The molecule has 1 aliphatic heterocycles. The number of nitrogens with zero attached hydrogens (tertiary/aromatic N) is 2. The molecule has 2 atom stereocenters. The summed E-state index contributed by atoms with van der Waals surface area (Å²) in [6.45, 7) is 9.58. The fourth-order valence-electron chi connectivity index (χ4n) is 4.70. The van der Waals surface area contributed by atoms with Crippen molar-refractivity contribution in [2.75, 3.05) is 18.5 Å². The van der Waals surface area contributed by atoms with Gasteiger partial charge in [0.1, 0.15) is 5.92 Å². The van der Waals surface area contributed by atoms with Crippen LogP contribution in [0.15, 0.2) is 70.9 Å². The highest BCUT2D eigenvalue weighted by Crippen LogP contribution is 2.44. The summed E-state index contributed by atoms with van der Waals surface area (Å²) in [5.74, 6) is -2.30. The van der Waals surface area contributed by atoms with Crippen LogP contribution in [0.5, 0.6) is 0 Å². The number of anilines is 2. The Hall–Kier alpha value is -3.78. The van der Waals surface area contributed by atoms with E-state index in [9.17, 15) is 9.59 Å². The Balaban J connectivity index is 1.80. The number of nitrogens with one attached hydrogen (secondary N) is 1. The van der Waals surface area contributed by atoms with Gasteiger partial charge in [-0.1, -0.05) is 48.5 Å². The van der Waals surface area contributed by atoms with Gasteiger partial charge in [-0.15, -0.1) is 11.3 Å². The lowest BCUT2D eigenvalue weighted by Crippen LogP contribution is -2.36. The molecule has 1 N–H and O–H groups in total. The van der Waals surface area contributed by atoms with Gasteiger partial charge in [0, 0.05) is 33.5 Å². The number of allylic oxidation sites excluding steroid dienone is 1. The van der Waals surface area contributed by atoms with E-state index in [1.165, 1.54) is 0 Å². The highest BCUT2D eigenvalue weighted by Gasteiger charge is 2.43. The number of aromatic nitrogens is 1. The molecule has 0 radical (unpaired) electrons. The number of rotatable bonds is 8. The molecule has 1 aliphatic rings. The number of aryl methyl sites for hydroxylation is 1. The first kappa shape index (κ1) is 26.3. The topological polar surface area (TPSA) is 89.9 Å². The summed E-state index contributed by atoms with van der Waals surface area (Å²) >= 11 is 1.55. The van der Waals surface area contributed by atoms with Crippen LogP contribution in [-0.4, -0.2) is 35.8 Å². The summed E-state index contributed by atoms with van der Waals surface area (Å²) in [7, 11) is 0. The van der Waals surface area contributed by atoms with Crippen molar-refractivity contribution in [1.29, 1.82) is 0 Å². The number of thiazole rings is 1. The largest absolute Gasteiger partial charge is 0.465 e. The number of aliphatic imine (C=N–C) groups is 1. The smallest absolute Gasteiger partial charge is 0.336 e. The second-order valence-corrected chi connectivity index (χ2v) is 9.89. The van der Waals surface area contributed by atoms with E-state index in [4.69, 9.17) is 14.5 Å². The molecular weight excluding hydrogens is 486 g/mol. The molecule has 0 bridgehead atoms. The zero-order valence-corrected chi connectivity index (χ0v) is 22.5. The summed E-state index contributed by atoms with van der Waals surface area (Å²) < 4.78 is 10.8. The van der Waals surface area contributed by atoms with Crippen LogP contribution in [0.25, 0.3) is 11.3 Å². The van der Waals surface area contributed by atoms with Crippen molar-refractivity contribution in [3.63, 3.8) is 0 Å². The second kappa shape index (κ2) is 11.5. The molecule has 2 aromatic carbocycles. The maximum atomic E-state index is 13.2. The van der Waals surface area contributed by atoms with Crippen molar-refractivity contribution in [3.8, 4) is 11.3 Å².